The van der Waals surface area contributed by atoms with Crippen molar-refractivity contribution < 1.29 is 4.79 Å². The van der Waals surface area contributed by atoms with Crippen LogP contribution in [0, 0.1) is 13.8 Å². The molecule has 1 aromatic carbocycles. The number of nitrogens with zero attached hydrogens (tertiary/aromatic N) is 2. The zero-order chi connectivity index (χ0) is 15.7. The first-order valence-electron chi connectivity index (χ1n) is 7.41. The number of carbonyl (C=O) groups is 1. The van der Waals surface area contributed by atoms with E-state index >= 15 is 0 Å². The van der Waals surface area contributed by atoms with Gasteiger partial charge in [-0.05, 0) is 38.0 Å². The van der Waals surface area contributed by atoms with Crippen LogP contribution in [0.5, 0.6) is 0 Å². The van der Waals surface area contributed by atoms with Gasteiger partial charge >= 0.3 is 0 Å². The normalized spacial score (nSPS) is 11.0. The van der Waals surface area contributed by atoms with Gasteiger partial charge in [0, 0.05) is 30.9 Å². The van der Waals surface area contributed by atoms with Gasteiger partial charge in [-0.25, -0.2) is 0 Å². The minimum atomic E-state index is -0.0488. The summed E-state index contributed by atoms with van der Waals surface area (Å²) in [4.78, 5) is 15.5. The van der Waals surface area contributed by atoms with Crippen LogP contribution in [-0.2, 0) is 13.5 Å². The van der Waals surface area contributed by atoms with E-state index in [1.54, 1.807) is 0 Å². The molecule has 0 radical (unpaired) electrons. The van der Waals surface area contributed by atoms with Gasteiger partial charge in [-0.1, -0.05) is 12.1 Å². The molecular weight excluding hydrogens is 276 g/mol. The number of aromatic nitrogens is 3. The second kappa shape index (κ2) is 5.67. The van der Waals surface area contributed by atoms with Crippen LogP contribution in [0.4, 0.5) is 0 Å². The fourth-order valence-corrected chi connectivity index (χ4v) is 2.85. The summed E-state index contributed by atoms with van der Waals surface area (Å²) in [6, 6.07) is 7.70. The van der Waals surface area contributed by atoms with Gasteiger partial charge in [-0.15, -0.1) is 0 Å². The lowest BCUT2D eigenvalue weighted by molar-refractivity contribution is 0.0955. The summed E-state index contributed by atoms with van der Waals surface area (Å²) in [7, 11) is 1.94. The summed E-state index contributed by atoms with van der Waals surface area (Å²) in [5, 5.41) is 8.44. The molecule has 0 aliphatic rings. The van der Waals surface area contributed by atoms with Crippen molar-refractivity contribution >= 4 is 16.8 Å². The molecule has 0 unspecified atom stereocenters. The molecule has 0 spiro atoms. The number of aryl methyl sites for hydroxylation is 2. The van der Waals surface area contributed by atoms with Gasteiger partial charge in [0.15, 0.2) is 0 Å². The number of aromatic amines is 1. The van der Waals surface area contributed by atoms with Gasteiger partial charge < -0.3 is 10.3 Å². The van der Waals surface area contributed by atoms with Crippen LogP contribution < -0.4 is 5.32 Å². The van der Waals surface area contributed by atoms with Crippen molar-refractivity contribution in [3.05, 3.63) is 53.0 Å². The average Bonchev–Trinajstić information content (AvgIpc) is 3.06. The van der Waals surface area contributed by atoms with Crippen molar-refractivity contribution in [1.29, 1.82) is 0 Å². The first-order valence-corrected chi connectivity index (χ1v) is 7.41. The fraction of sp³-hybridized carbons (Fsp3) is 0.294. The van der Waals surface area contributed by atoms with Crippen LogP contribution in [-0.4, -0.2) is 27.2 Å². The zero-order valence-corrected chi connectivity index (χ0v) is 13.1. The molecular formula is C17H20N4O. The molecule has 5 heteroatoms. The van der Waals surface area contributed by atoms with Crippen LogP contribution in [0.1, 0.15) is 27.3 Å². The Labute approximate surface area is 129 Å². The van der Waals surface area contributed by atoms with Gasteiger partial charge in [-0.3, -0.25) is 9.48 Å². The molecule has 0 saturated carbocycles. The van der Waals surface area contributed by atoms with E-state index in [2.05, 4.69) is 22.3 Å². The Bertz CT molecular complexity index is 828. The average molecular weight is 296 g/mol. The molecule has 0 bridgehead atoms. The van der Waals surface area contributed by atoms with E-state index in [9.17, 15) is 4.79 Å². The van der Waals surface area contributed by atoms with Gasteiger partial charge in [0.1, 0.15) is 0 Å². The van der Waals surface area contributed by atoms with Crippen LogP contribution >= 0.6 is 0 Å². The molecule has 0 atom stereocenters. The second-order valence-corrected chi connectivity index (χ2v) is 5.53. The Morgan fingerprint density at radius 1 is 1.32 bits per heavy atom. The maximum absolute atomic E-state index is 12.4. The highest BCUT2D eigenvalue weighted by Crippen LogP contribution is 2.17. The number of hydrogen-bond donors (Lipinski definition) is 2. The van der Waals surface area contributed by atoms with E-state index in [1.165, 1.54) is 5.56 Å². The number of carbonyl (C=O) groups excluding carboxylic acids is 1. The number of H-pyrrole nitrogens is 1. The van der Waals surface area contributed by atoms with Crippen LogP contribution in [0.15, 0.2) is 30.5 Å². The topological polar surface area (TPSA) is 62.7 Å². The van der Waals surface area contributed by atoms with Crippen LogP contribution in [0.25, 0.3) is 10.9 Å². The molecule has 0 fully saturated rings. The third kappa shape index (κ3) is 2.50. The molecule has 5 nitrogen and oxygen atoms in total. The molecule has 0 saturated heterocycles. The van der Waals surface area contributed by atoms with Crippen molar-refractivity contribution in [1.82, 2.24) is 20.1 Å². The highest BCUT2D eigenvalue weighted by molar-refractivity contribution is 6.05. The minimum Gasteiger partial charge on any atom is -0.361 e. The van der Waals surface area contributed by atoms with Crippen molar-refractivity contribution in [3.63, 3.8) is 0 Å². The number of hydrogen-bond acceptors (Lipinski definition) is 2. The lowest BCUT2D eigenvalue weighted by Crippen LogP contribution is -2.26. The van der Waals surface area contributed by atoms with Crippen molar-refractivity contribution in [2.45, 2.75) is 20.3 Å². The van der Waals surface area contributed by atoms with E-state index in [0.29, 0.717) is 12.1 Å². The second-order valence-electron chi connectivity index (χ2n) is 5.53. The Balaban J connectivity index is 1.69. The first-order chi connectivity index (χ1) is 10.6. The van der Waals surface area contributed by atoms with Gasteiger partial charge in [0.25, 0.3) is 5.91 Å². The molecule has 2 N–H and O–H groups in total. The number of nitrogens with one attached hydrogen (secondary N) is 2. The van der Waals surface area contributed by atoms with Crippen molar-refractivity contribution in [3.8, 4) is 0 Å². The lowest BCUT2D eigenvalue weighted by atomic mass is 10.1. The Morgan fingerprint density at radius 2 is 2.14 bits per heavy atom. The largest absolute Gasteiger partial charge is 0.361 e. The highest BCUT2D eigenvalue weighted by atomic mass is 16.1. The minimum absolute atomic E-state index is 0.0488. The quantitative estimate of drug-likeness (QED) is 0.777. The Kier molecular flexibility index (Phi) is 3.71. The summed E-state index contributed by atoms with van der Waals surface area (Å²) >= 11 is 0. The molecule has 0 aliphatic carbocycles. The predicted octanol–water partition coefficient (Wildman–Crippen LogP) is 2.49. The number of para-hydroxylation sites is 1. The molecule has 22 heavy (non-hydrogen) atoms. The van der Waals surface area contributed by atoms with Crippen molar-refractivity contribution in [2.75, 3.05) is 6.54 Å². The van der Waals surface area contributed by atoms with E-state index in [4.69, 9.17) is 0 Å². The lowest BCUT2D eigenvalue weighted by Gasteiger charge is -2.07. The highest BCUT2D eigenvalue weighted by Gasteiger charge is 2.12. The molecule has 2 heterocycles. The van der Waals surface area contributed by atoms with Gasteiger partial charge in [0.2, 0.25) is 0 Å². The van der Waals surface area contributed by atoms with E-state index in [1.807, 2.05) is 49.1 Å². The molecule has 114 valence electrons. The molecule has 3 aromatic rings. The Hall–Kier alpha value is -2.56. The van der Waals surface area contributed by atoms with E-state index in [0.717, 1.165) is 28.7 Å². The molecule has 1 amide bonds. The summed E-state index contributed by atoms with van der Waals surface area (Å²) in [5.41, 5.74) is 4.95. The van der Waals surface area contributed by atoms with E-state index < -0.39 is 0 Å². The molecule has 3 rings (SSSR count). The third-order valence-electron chi connectivity index (χ3n) is 4.15. The summed E-state index contributed by atoms with van der Waals surface area (Å²) in [5.74, 6) is -0.0488. The molecule has 2 aromatic heterocycles. The standard InChI is InChI=1S/C17H20N4O/c1-11-14(12(2)21(3)20-11)8-10-19-17(22)15-6-4-5-13-7-9-18-16(13)15/h4-7,9,18H,8,10H2,1-3H3,(H,19,22). The fourth-order valence-electron chi connectivity index (χ4n) is 2.85. The zero-order valence-electron chi connectivity index (χ0n) is 13.1. The first kappa shape index (κ1) is 14.4. The SMILES string of the molecule is Cc1nn(C)c(C)c1CCNC(=O)c1cccc2cc[nH]c12. The monoisotopic (exact) mass is 296 g/mol. The predicted molar refractivity (Wildman–Crippen MR) is 87.0 cm³/mol. The van der Waals surface area contributed by atoms with E-state index in [-0.39, 0.29) is 5.91 Å². The number of amides is 1. The number of benzene rings is 1. The summed E-state index contributed by atoms with van der Waals surface area (Å²) < 4.78 is 1.88. The van der Waals surface area contributed by atoms with Gasteiger partial charge in [0.05, 0.1) is 16.8 Å². The molecule has 0 aliphatic heterocycles. The van der Waals surface area contributed by atoms with Crippen molar-refractivity contribution in [2.24, 2.45) is 7.05 Å². The summed E-state index contributed by atoms with van der Waals surface area (Å²) in [6.45, 7) is 4.66. The van der Waals surface area contributed by atoms with Gasteiger partial charge in [-0.2, -0.15) is 5.10 Å². The number of fused-ring (bicyclic) bond motifs is 1. The maximum atomic E-state index is 12.4. The van der Waals surface area contributed by atoms with Crippen LogP contribution in [0.2, 0.25) is 0 Å². The Morgan fingerprint density at radius 3 is 2.86 bits per heavy atom. The smallest absolute Gasteiger partial charge is 0.253 e. The van der Waals surface area contributed by atoms with Crippen LogP contribution in [0.3, 0.4) is 0 Å². The third-order valence-corrected chi connectivity index (χ3v) is 4.15. The maximum Gasteiger partial charge on any atom is 0.253 e. The number of rotatable bonds is 4. The summed E-state index contributed by atoms with van der Waals surface area (Å²) in [6.07, 6.45) is 2.64.